The van der Waals surface area contributed by atoms with E-state index >= 15 is 0 Å². The number of tetrazole rings is 1. The highest BCUT2D eigenvalue weighted by atomic mass is 32.1. The van der Waals surface area contributed by atoms with E-state index in [0.717, 1.165) is 51.3 Å². The van der Waals surface area contributed by atoms with Gasteiger partial charge in [0.25, 0.3) is 0 Å². The summed E-state index contributed by atoms with van der Waals surface area (Å²) in [6.45, 7) is 0. The number of nitrogens with zero attached hydrogens (tertiary/aromatic N) is 3. The van der Waals surface area contributed by atoms with E-state index in [1.165, 1.54) is 37.0 Å². The van der Waals surface area contributed by atoms with E-state index < -0.39 is 0 Å². The highest BCUT2D eigenvalue weighted by Crippen LogP contribution is 2.69. The molecule has 2 fully saturated rings. The molecule has 0 aliphatic heterocycles. The van der Waals surface area contributed by atoms with Crippen LogP contribution in [0.3, 0.4) is 0 Å². The smallest absolute Gasteiger partial charge is 0.204 e. The minimum absolute atomic E-state index is 0.237. The molecule has 3 aliphatic rings. The van der Waals surface area contributed by atoms with Crippen LogP contribution in [0.4, 0.5) is 0 Å². The minimum atomic E-state index is 0.237. The van der Waals surface area contributed by atoms with Crippen molar-refractivity contribution in [1.29, 1.82) is 0 Å². The third-order valence-corrected chi connectivity index (χ3v) is 8.27. The molecule has 2 aromatic heterocycles. The van der Waals surface area contributed by atoms with Crippen molar-refractivity contribution >= 4 is 21.4 Å². The summed E-state index contributed by atoms with van der Waals surface area (Å²) < 4.78 is 1.05. The summed E-state index contributed by atoms with van der Waals surface area (Å²) in [6, 6.07) is 5.89. The predicted molar refractivity (Wildman–Crippen MR) is 101 cm³/mol. The molecule has 0 saturated heterocycles. The molecule has 3 aromatic rings. The van der Waals surface area contributed by atoms with Gasteiger partial charge in [-0.2, -0.15) is 5.21 Å². The van der Waals surface area contributed by atoms with Gasteiger partial charge in [0.1, 0.15) is 0 Å². The summed E-state index contributed by atoms with van der Waals surface area (Å²) in [5, 5.41) is 15.1. The van der Waals surface area contributed by atoms with Gasteiger partial charge >= 0.3 is 0 Å². The van der Waals surface area contributed by atoms with E-state index in [9.17, 15) is 4.79 Å². The maximum absolute atomic E-state index is 13.0. The van der Waals surface area contributed by atoms with Gasteiger partial charge in [0.15, 0.2) is 5.43 Å². The molecule has 2 unspecified atom stereocenters. The van der Waals surface area contributed by atoms with E-state index in [0.29, 0.717) is 5.82 Å². The van der Waals surface area contributed by atoms with E-state index in [2.05, 4.69) is 20.6 Å². The summed E-state index contributed by atoms with van der Waals surface area (Å²) >= 11 is 1.80. The minimum Gasteiger partial charge on any atom is -0.289 e. The van der Waals surface area contributed by atoms with Crippen molar-refractivity contribution < 1.29 is 0 Å². The molecule has 2 heterocycles. The first-order chi connectivity index (χ1) is 12.7. The van der Waals surface area contributed by atoms with Crippen molar-refractivity contribution in [3.05, 3.63) is 38.9 Å². The first kappa shape index (κ1) is 15.0. The van der Waals surface area contributed by atoms with Crippen LogP contribution in [0.2, 0.25) is 0 Å². The number of aromatic amines is 1. The van der Waals surface area contributed by atoms with E-state index in [4.69, 9.17) is 0 Å². The summed E-state index contributed by atoms with van der Waals surface area (Å²) in [5.74, 6) is 2.29. The van der Waals surface area contributed by atoms with Crippen molar-refractivity contribution in [3.8, 4) is 11.4 Å². The molecule has 6 rings (SSSR count). The molecule has 1 spiro atoms. The second-order valence-electron chi connectivity index (χ2n) is 8.31. The van der Waals surface area contributed by atoms with E-state index in [1.807, 2.05) is 18.2 Å². The van der Waals surface area contributed by atoms with Crippen LogP contribution >= 0.6 is 11.3 Å². The van der Waals surface area contributed by atoms with Gasteiger partial charge in [0.05, 0.1) is 0 Å². The third kappa shape index (κ3) is 2.08. The number of benzene rings is 1. The lowest BCUT2D eigenvalue weighted by atomic mass is 9.74. The Labute approximate surface area is 154 Å². The molecule has 26 heavy (non-hydrogen) atoms. The zero-order chi connectivity index (χ0) is 17.3. The molecule has 0 amide bonds. The summed E-state index contributed by atoms with van der Waals surface area (Å²) in [4.78, 5) is 14.3. The van der Waals surface area contributed by atoms with Crippen LogP contribution in [0.15, 0.2) is 23.0 Å². The largest absolute Gasteiger partial charge is 0.289 e. The molecule has 0 bridgehead atoms. The van der Waals surface area contributed by atoms with Gasteiger partial charge in [-0.3, -0.25) is 4.79 Å². The fraction of sp³-hybridized carbons (Fsp3) is 0.500. The predicted octanol–water partition coefficient (Wildman–Crippen LogP) is 3.74. The zero-order valence-electron chi connectivity index (χ0n) is 14.5. The molecule has 2 saturated carbocycles. The van der Waals surface area contributed by atoms with Gasteiger partial charge < -0.3 is 0 Å². The Bertz CT molecular complexity index is 1070. The van der Waals surface area contributed by atoms with Crippen LogP contribution in [0.25, 0.3) is 21.5 Å². The van der Waals surface area contributed by atoms with Gasteiger partial charge in [0.2, 0.25) is 5.82 Å². The molecular formula is C20H20N4OS. The SMILES string of the molecule is O=c1c2c(sc3cc(-c4nn[nH]n4)ccc13)CC(C1CC13CCC3)CC2. The zero-order valence-corrected chi connectivity index (χ0v) is 15.3. The molecule has 2 atom stereocenters. The van der Waals surface area contributed by atoms with Gasteiger partial charge in [0, 0.05) is 26.1 Å². The van der Waals surface area contributed by atoms with Gasteiger partial charge in [-0.05, 0) is 73.1 Å². The van der Waals surface area contributed by atoms with Crippen molar-refractivity contribution in [2.45, 2.75) is 44.9 Å². The van der Waals surface area contributed by atoms with E-state index in [1.54, 1.807) is 11.3 Å². The van der Waals surface area contributed by atoms with Crippen LogP contribution < -0.4 is 5.43 Å². The number of nitrogens with one attached hydrogen (secondary N) is 1. The van der Waals surface area contributed by atoms with Crippen LogP contribution in [0.1, 0.15) is 42.5 Å². The van der Waals surface area contributed by atoms with Crippen LogP contribution in [-0.4, -0.2) is 20.6 Å². The number of hydrogen-bond donors (Lipinski definition) is 1. The summed E-state index contributed by atoms with van der Waals surface area (Å²) in [6.07, 6.45) is 9.03. The summed E-state index contributed by atoms with van der Waals surface area (Å²) in [5.41, 5.74) is 2.94. The Morgan fingerprint density at radius 1 is 1.27 bits per heavy atom. The first-order valence-corrected chi connectivity index (χ1v) is 10.4. The molecule has 1 N–H and O–H groups in total. The topological polar surface area (TPSA) is 71.5 Å². The van der Waals surface area contributed by atoms with Crippen LogP contribution in [-0.2, 0) is 12.8 Å². The van der Waals surface area contributed by atoms with Crippen molar-refractivity contribution in [2.75, 3.05) is 0 Å². The summed E-state index contributed by atoms with van der Waals surface area (Å²) in [7, 11) is 0. The van der Waals surface area contributed by atoms with Crippen LogP contribution in [0.5, 0.6) is 0 Å². The number of rotatable bonds is 2. The normalized spacial score (nSPS) is 25.8. The lowest BCUT2D eigenvalue weighted by Crippen LogP contribution is -2.25. The fourth-order valence-corrected chi connectivity index (χ4v) is 6.72. The van der Waals surface area contributed by atoms with Gasteiger partial charge in [-0.1, -0.05) is 12.5 Å². The molecule has 3 aliphatic carbocycles. The average molecular weight is 364 g/mol. The fourth-order valence-electron chi connectivity index (χ4n) is 5.38. The molecule has 1 aromatic carbocycles. The maximum Gasteiger partial charge on any atom is 0.204 e. The second kappa shape index (κ2) is 5.22. The Hall–Kier alpha value is -2.08. The molecule has 0 radical (unpaired) electrons. The lowest BCUT2D eigenvalue weighted by Gasteiger charge is -2.31. The molecule has 6 heteroatoms. The molecular weight excluding hydrogens is 344 g/mol. The number of aromatic nitrogens is 4. The highest BCUT2D eigenvalue weighted by Gasteiger charge is 2.59. The molecule has 132 valence electrons. The number of fused-ring (bicyclic) bond motifs is 2. The average Bonchev–Trinajstić information content (AvgIpc) is 3.18. The number of hydrogen-bond acceptors (Lipinski definition) is 5. The van der Waals surface area contributed by atoms with Gasteiger partial charge in [-0.15, -0.1) is 21.5 Å². The standard InChI is InChI=1S/C20H20N4OS/c25-18-13-4-2-11(15-10-20(15)6-1-7-20)8-16(13)26-17-9-12(3-5-14(17)18)19-21-23-24-22-19/h3,5,9,11,15H,1-2,4,6-8,10H2,(H,21,22,23,24). The quantitative estimate of drug-likeness (QED) is 0.752. The maximum atomic E-state index is 13.0. The Kier molecular flexibility index (Phi) is 3.02. The van der Waals surface area contributed by atoms with Crippen LogP contribution in [0, 0.1) is 17.3 Å². The number of H-pyrrole nitrogens is 1. The highest BCUT2D eigenvalue weighted by molar-refractivity contribution is 7.18. The first-order valence-electron chi connectivity index (χ1n) is 9.56. The van der Waals surface area contributed by atoms with Gasteiger partial charge in [-0.25, -0.2) is 0 Å². The van der Waals surface area contributed by atoms with Crippen molar-refractivity contribution in [2.24, 2.45) is 17.3 Å². The Morgan fingerprint density at radius 2 is 2.19 bits per heavy atom. The molecule has 5 nitrogen and oxygen atoms in total. The Morgan fingerprint density at radius 3 is 2.92 bits per heavy atom. The monoisotopic (exact) mass is 364 g/mol. The van der Waals surface area contributed by atoms with Crippen molar-refractivity contribution in [1.82, 2.24) is 20.6 Å². The lowest BCUT2D eigenvalue weighted by molar-refractivity contribution is 0.218. The third-order valence-electron chi connectivity index (χ3n) is 7.06. The van der Waals surface area contributed by atoms with E-state index in [-0.39, 0.29) is 5.43 Å². The van der Waals surface area contributed by atoms with Crippen molar-refractivity contribution in [3.63, 3.8) is 0 Å². The Balaban J connectivity index is 1.40. The second-order valence-corrected chi connectivity index (χ2v) is 9.45.